The molecule has 2 aromatic carbocycles. The van der Waals surface area contributed by atoms with Crippen LogP contribution in [0.4, 0.5) is 0 Å². The minimum atomic E-state index is -0.358. The summed E-state index contributed by atoms with van der Waals surface area (Å²) in [5, 5.41) is 0. The lowest BCUT2D eigenvalue weighted by Crippen LogP contribution is -2.22. The van der Waals surface area contributed by atoms with Crippen molar-refractivity contribution >= 4 is 57.4 Å². The molecule has 1 saturated heterocycles. The number of hydrogen-bond donors (Lipinski definition) is 1. The minimum Gasteiger partial charge on any atom is -0.493 e. The third-order valence-corrected chi connectivity index (χ3v) is 6.15. The van der Waals surface area contributed by atoms with Gasteiger partial charge >= 0.3 is 0 Å². The van der Waals surface area contributed by atoms with Crippen LogP contribution in [0.5, 0.6) is 17.2 Å². The number of amides is 1. The first-order chi connectivity index (χ1) is 15.9. The van der Waals surface area contributed by atoms with Gasteiger partial charge in [0.15, 0.2) is 15.8 Å². The van der Waals surface area contributed by atoms with Gasteiger partial charge in [0.05, 0.1) is 37.3 Å². The summed E-state index contributed by atoms with van der Waals surface area (Å²) in [6, 6.07) is 10.7. The SMILES string of the molecule is COc1cc(/C=C2\SC(=S)N(C=Cc3nc4ccccc4[nH]c3=O)C2=O)cc(OC)c1OC. The number of nitrogens with one attached hydrogen (secondary N) is 1. The second-order valence-corrected chi connectivity index (χ2v) is 8.47. The van der Waals surface area contributed by atoms with E-state index in [9.17, 15) is 9.59 Å². The molecular weight excluding hydrogens is 462 g/mol. The average molecular weight is 482 g/mol. The number of thioether (sulfide) groups is 1. The molecule has 1 aromatic heterocycles. The molecule has 0 bridgehead atoms. The predicted octanol–water partition coefficient (Wildman–Crippen LogP) is 3.82. The summed E-state index contributed by atoms with van der Waals surface area (Å²) < 4.78 is 16.4. The molecule has 3 aromatic rings. The molecule has 0 spiro atoms. The van der Waals surface area contributed by atoms with Crippen LogP contribution in [0.1, 0.15) is 11.3 Å². The fourth-order valence-electron chi connectivity index (χ4n) is 3.25. The highest BCUT2D eigenvalue weighted by Gasteiger charge is 2.30. The van der Waals surface area contributed by atoms with Gasteiger partial charge in [-0.05, 0) is 42.0 Å². The second-order valence-electron chi connectivity index (χ2n) is 6.79. The highest BCUT2D eigenvalue weighted by atomic mass is 32.2. The Morgan fingerprint density at radius 2 is 1.76 bits per heavy atom. The Morgan fingerprint density at radius 1 is 1.06 bits per heavy atom. The van der Waals surface area contributed by atoms with Crippen LogP contribution in [0.2, 0.25) is 0 Å². The molecule has 1 aliphatic heterocycles. The fraction of sp³-hybridized carbons (Fsp3) is 0.130. The minimum absolute atomic E-state index is 0.177. The Morgan fingerprint density at radius 3 is 2.42 bits per heavy atom. The number of nitrogens with zero attached hydrogens (tertiary/aromatic N) is 2. The summed E-state index contributed by atoms with van der Waals surface area (Å²) in [7, 11) is 4.56. The molecule has 168 valence electrons. The van der Waals surface area contributed by atoms with Crippen LogP contribution in [0.25, 0.3) is 23.2 Å². The molecule has 1 fully saturated rings. The summed E-state index contributed by atoms with van der Waals surface area (Å²) in [6.45, 7) is 0. The number of fused-ring (bicyclic) bond motifs is 1. The van der Waals surface area contributed by atoms with Crippen molar-refractivity contribution in [3.05, 3.63) is 69.1 Å². The van der Waals surface area contributed by atoms with Gasteiger partial charge < -0.3 is 19.2 Å². The zero-order chi connectivity index (χ0) is 23.5. The Balaban J connectivity index is 1.63. The second kappa shape index (κ2) is 9.47. The number of carbonyl (C=O) groups excluding carboxylic acids is 1. The first-order valence-corrected chi connectivity index (χ1v) is 10.9. The number of methoxy groups -OCH3 is 3. The normalized spacial score (nSPS) is 15.1. The van der Waals surface area contributed by atoms with E-state index in [2.05, 4.69) is 9.97 Å². The molecule has 1 amide bonds. The van der Waals surface area contributed by atoms with Gasteiger partial charge in [-0.15, -0.1) is 0 Å². The van der Waals surface area contributed by atoms with E-state index < -0.39 is 0 Å². The van der Waals surface area contributed by atoms with Gasteiger partial charge in [-0.2, -0.15) is 0 Å². The average Bonchev–Trinajstić information content (AvgIpc) is 3.08. The molecule has 0 radical (unpaired) electrons. The first kappa shape index (κ1) is 22.6. The zero-order valence-electron chi connectivity index (χ0n) is 17.9. The van der Waals surface area contributed by atoms with E-state index in [1.165, 1.54) is 38.5 Å². The van der Waals surface area contributed by atoms with Crippen LogP contribution in [-0.4, -0.2) is 46.4 Å². The van der Waals surface area contributed by atoms with Crippen LogP contribution < -0.4 is 19.8 Å². The maximum absolute atomic E-state index is 13.0. The molecule has 0 aliphatic carbocycles. The molecule has 2 heterocycles. The van der Waals surface area contributed by atoms with Gasteiger partial charge in [0, 0.05) is 6.20 Å². The monoisotopic (exact) mass is 481 g/mol. The molecule has 1 aliphatic rings. The van der Waals surface area contributed by atoms with E-state index >= 15 is 0 Å². The van der Waals surface area contributed by atoms with Crippen molar-refractivity contribution in [1.29, 1.82) is 0 Å². The van der Waals surface area contributed by atoms with Crippen LogP contribution >= 0.6 is 24.0 Å². The van der Waals surface area contributed by atoms with Gasteiger partial charge in [-0.3, -0.25) is 14.5 Å². The van der Waals surface area contributed by atoms with Crippen LogP contribution in [0, 0.1) is 0 Å². The Kier molecular flexibility index (Phi) is 6.47. The molecule has 4 rings (SSSR count). The lowest BCUT2D eigenvalue weighted by molar-refractivity contribution is -0.120. The highest BCUT2D eigenvalue weighted by Crippen LogP contribution is 2.40. The number of aromatic nitrogens is 2. The molecule has 0 saturated carbocycles. The third kappa shape index (κ3) is 4.48. The predicted molar refractivity (Wildman–Crippen MR) is 133 cm³/mol. The number of carbonyl (C=O) groups is 1. The zero-order valence-corrected chi connectivity index (χ0v) is 19.6. The van der Waals surface area contributed by atoms with Crippen LogP contribution in [0.3, 0.4) is 0 Å². The number of para-hydroxylation sites is 2. The topological polar surface area (TPSA) is 93.8 Å². The molecule has 8 nitrogen and oxygen atoms in total. The third-order valence-electron chi connectivity index (χ3n) is 4.82. The van der Waals surface area contributed by atoms with Gasteiger partial charge in [0.2, 0.25) is 5.75 Å². The Labute approximate surface area is 198 Å². The number of hydrogen-bond acceptors (Lipinski definition) is 8. The Hall–Kier alpha value is -3.63. The molecule has 1 N–H and O–H groups in total. The van der Waals surface area contributed by atoms with E-state index in [-0.39, 0.29) is 17.2 Å². The van der Waals surface area contributed by atoms with Gasteiger partial charge in [0.25, 0.3) is 11.5 Å². The van der Waals surface area contributed by atoms with E-state index in [0.717, 1.165) is 11.8 Å². The number of aromatic amines is 1. The fourth-order valence-corrected chi connectivity index (χ4v) is 4.47. The summed E-state index contributed by atoms with van der Waals surface area (Å²) in [4.78, 5) is 34.1. The maximum Gasteiger partial charge on any atom is 0.274 e. The van der Waals surface area contributed by atoms with Crippen molar-refractivity contribution in [2.75, 3.05) is 21.3 Å². The number of rotatable bonds is 6. The standard InChI is InChI=1S/C23H19N3O5S2/c1-29-17-10-13(11-18(30-2)20(17)31-3)12-19-22(28)26(23(32)33-19)9-8-16-21(27)25-15-7-5-4-6-14(15)24-16/h4-12H,1-3H3,(H,25,27)/b9-8?,19-12-. The molecule has 10 heteroatoms. The number of thiocarbonyl (C=S) groups is 1. The molecule has 0 atom stereocenters. The van der Waals surface area contributed by atoms with E-state index in [4.69, 9.17) is 26.4 Å². The van der Waals surface area contributed by atoms with E-state index in [0.29, 0.717) is 43.1 Å². The summed E-state index contributed by atoms with van der Waals surface area (Å²) in [6.07, 6.45) is 4.62. The van der Waals surface area contributed by atoms with Crippen molar-refractivity contribution in [2.24, 2.45) is 0 Å². The lowest BCUT2D eigenvalue weighted by atomic mass is 10.1. The highest BCUT2D eigenvalue weighted by molar-refractivity contribution is 8.26. The maximum atomic E-state index is 13.0. The summed E-state index contributed by atoms with van der Waals surface area (Å²) >= 11 is 6.53. The Bertz CT molecular complexity index is 1360. The number of ether oxygens (including phenoxy) is 3. The van der Waals surface area contributed by atoms with E-state index in [1.54, 1.807) is 30.3 Å². The van der Waals surface area contributed by atoms with Crippen molar-refractivity contribution in [1.82, 2.24) is 14.9 Å². The van der Waals surface area contributed by atoms with Crippen molar-refractivity contribution in [3.63, 3.8) is 0 Å². The molecule has 33 heavy (non-hydrogen) atoms. The van der Waals surface area contributed by atoms with Gasteiger partial charge in [-0.25, -0.2) is 4.98 Å². The summed E-state index contributed by atoms with van der Waals surface area (Å²) in [5.74, 6) is 1.09. The molecule has 0 unspecified atom stereocenters. The van der Waals surface area contributed by atoms with E-state index in [1.807, 2.05) is 12.1 Å². The van der Waals surface area contributed by atoms with Gasteiger partial charge in [-0.1, -0.05) is 36.1 Å². The van der Waals surface area contributed by atoms with Crippen molar-refractivity contribution in [3.8, 4) is 17.2 Å². The van der Waals surface area contributed by atoms with Crippen molar-refractivity contribution < 1.29 is 19.0 Å². The van der Waals surface area contributed by atoms with Crippen LogP contribution in [-0.2, 0) is 4.79 Å². The largest absolute Gasteiger partial charge is 0.493 e. The van der Waals surface area contributed by atoms with Crippen LogP contribution in [0.15, 0.2) is 52.3 Å². The lowest BCUT2D eigenvalue weighted by Gasteiger charge is -2.13. The number of H-pyrrole nitrogens is 1. The smallest absolute Gasteiger partial charge is 0.274 e. The van der Waals surface area contributed by atoms with Crippen molar-refractivity contribution in [2.45, 2.75) is 0 Å². The first-order valence-electron chi connectivity index (χ1n) is 9.69. The number of benzene rings is 2. The van der Waals surface area contributed by atoms with Gasteiger partial charge in [0.1, 0.15) is 5.69 Å². The quantitative estimate of drug-likeness (QED) is 0.420. The summed E-state index contributed by atoms with van der Waals surface area (Å²) in [5.41, 5.74) is 1.78. The molecular formula is C23H19N3O5S2.